The fourth-order valence-corrected chi connectivity index (χ4v) is 2.45. The van der Waals surface area contributed by atoms with Gasteiger partial charge >= 0.3 is 0 Å². The zero-order valence-corrected chi connectivity index (χ0v) is 6.69. The lowest BCUT2D eigenvalue weighted by atomic mass is 10.1. The van der Waals surface area contributed by atoms with E-state index >= 15 is 0 Å². The van der Waals surface area contributed by atoms with Gasteiger partial charge in [-0.3, -0.25) is 4.79 Å². The maximum atomic E-state index is 10.9. The molecule has 0 aliphatic carbocycles. The Morgan fingerprint density at radius 2 is 2.45 bits per heavy atom. The van der Waals surface area contributed by atoms with Gasteiger partial charge in [0, 0.05) is 11.3 Å². The van der Waals surface area contributed by atoms with Gasteiger partial charge in [0.1, 0.15) is 5.94 Å². The van der Waals surface area contributed by atoms with Crippen LogP contribution in [0.4, 0.5) is 0 Å². The highest BCUT2D eigenvalue weighted by Crippen LogP contribution is 2.34. The zero-order valence-electron chi connectivity index (χ0n) is 5.87. The number of thioether (sulfide) groups is 1. The van der Waals surface area contributed by atoms with Gasteiger partial charge in [-0.1, -0.05) is 0 Å². The summed E-state index contributed by atoms with van der Waals surface area (Å²) in [6.45, 7) is 0.514. The molecule has 2 rings (SSSR count). The van der Waals surface area contributed by atoms with Crippen molar-refractivity contribution in [3.63, 3.8) is 0 Å². The Morgan fingerprint density at radius 3 is 3.09 bits per heavy atom. The Bertz CT molecular complexity index is 257. The molecule has 0 spiro atoms. The molecular formula is C7H7NO2S. The molecule has 0 N–H and O–H groups in total. The maximum absolute atomic E-state index is 10.9. The van der Waals surface area contributed by atoms with Gasteiger partial charge in [0.25, 0.3) is 0 Å². The smallest absolute Gasteiger partial charge is 0.226 e. The van der Waals surface area contributed by atoms with E-state index in [-0.39, 0.29) is 5.91 Å². The third kappa shape index (κ3) is 0.988. The number of hydrogen-bond donors (Lipinski definition) is 0. The summed E-state index contributed by atoms with van der Waals surface area (Å²) in [5.41, 5.74) is 0.708. The van der Waals surface area contributed by atoms with Crippen molar-refractivity contribution in [2.45, 2.75) is 11.8 Å². The molecule has 0 unspecified atom stereocenters. The van der Waals surface area contributed by atoms with E-state index in [1.807, 2.05) is 5.94 Å². The Morgan fingerprint density at radius 1 is 1.64 bits per heavy atom. The number of carbonyl (C=O) groups is 1. The third-order valence-corrected chi connectivity index (χ3v) is 3.29. The quantitative estimate of drug-likeness (QED) is 0.380. The predicted octanol–water partition coefficient (Wildman–Crippen LogP) is 0.0496. The molecule has 2 saturated heterocycles. The first-order valence-corrected chi connectivity index (χ1v) is 4.50. The summed E-state index contributed by atoms with van der Waals surface area (Å²) >= 11 is 1.65. The van der Waals surface area contributed by atoms with Crippen LogP contribution in [0.2, 0.25) is 0 Å². The predicted molar refractivity (Wildman–Crippen MR) is 41.8 cm³/mol. The first-order chi connectivity index (χ1) is 5.31. The van der Waals surface area contributed by atoms with Crippen molar-refractivity contribution in [3.05, 3.63) is 5.57 Å². The molecule has 0 saturated carbocycles. The van der Waals surface area contributed by atoms with Crippen molar-refractivity contribution in [3.8, 4) is 0 Å². The number of rotatable bonds is 0. The molecule has 2 aliphatic heterocycles. The van der Waals surface area contributed by atoms with Gasteiger partial charge in [-0.15, -0.1) is 11.8 Å². The van der Waals surface area contributed by atoms with Gasteiger partial charge in [0.15, 0.2) is 0 Å². The molecule has 0 aromatic rings. The van der Waals surface area contributed by atoms with Gasteiger partial charge in [-0.05, 0) is 0 Å². The standard InChI is InChI=1S/C7H7NO2S/c9-3-5-2-8-6(10)1-7(8)11-4-5/h7H,1-2,4H2/t7-/m0/s1. The highest BCUT2D eigenvalue weighted by atomic mass is 32.2. The minimum Gasteiger partial charge on any atom is -0.325 e. The number of fused-ring (bicyclic) bond motifs is 1. The Hall–Kier alpha value is -0.730. The highest BCUT2D eigenvalue weighted by Gasteiger charge is 2.39. The van der Waals surface area contributed by atoms with Crippen molar-refractivity contribution in [1.29, 1.82) is 0 Å². The van der Waals surface area contributed by atoms with Crippen LogP contribution >= 0.6 is 11.8 Å². The monoisotopic (exact) mass is 169 g/mol. The zero-order chi connectivity index (χ0) is 7.84. The number of amides is 1. The summed E-state index contributed by atoms with van der Waals surface area (Å²) in [5, 5.41) is 0.347. The van der Waals surface area contributed by atoms with E-state index in [1.165, 1.54) is 0 Å². The summed E-state index contributed by atoms with van der Waals surface area (Å²) in [7, 11) is 0. The fourth-order valence-electron chi connectivity index (χ4n) is 1.27. The molecule has 2 aliphatic rings. The number of hydrogen-bond acceptors (Lipinski definition) is 3. The molecule has 58 valence electrons. The van der Waals surface area contributed by atoms with Crippen LogP contribution in [0.25, 0.3) is 0 Å². The van der Waals surface area contributed by atoms with Crippen molar-refractivity contribution < 1.29 is 9.59 Å². The van der Waals surface area contributed by atoms with Crippen LogP contribution < -0.4 is 0 Å². The average molecular weight is 169 g/mol. The molecule has 11 heavy (non-hydrogen) atoms. The van der Waals surface area contributed by atoms with E-state index in [0.29, 0.717) is 23.9 Å². The molecule has 1 amide bonds. The number of β-lactam (4-membered cyclic amide) rings is 1. The van der Waals surface area contributed by atoms with E-state index in [9.17, 15) is 9.59 Å². The lowest BCUT2D eigenvalue weighted by molar-refractivity contribution is -0.140. The van der Waals surface area contributed by atoms with E-state index < -0.39 is 0 Å². The molecule has 2 fully saturated rings. The van der Waals surface area contributed by atoms with E-state index in [4.69, 9.17) is 0 Å². The molecule has 2 heterocycles. The van der Waals surface area contributed by atoms with Crippen molar-refractivity contribution in [2.24, 2.45) is 0 Å². The van der Waals surface area contributed by atoms with Crippen LogP contribution in [-0.2, 0) is 9.59 Å². The van der Waals surface area contributed by atoms with E-state index in [1.54, 1.807) is 16.7 Å². The first kappa shape index (κ1) is 6.95. The van der Waals surface area contributed by atoms with E-state index in [2.05, 4.69) is 0 Å². The average Bonchev–Trinajstić information content (AvgIpc) is 2.03. The topological polar surface area (TPSA) is 37.4 Å². The van der Waals surface area contributed by atoms with Crippen molar-refractivity contribution in [1.82, 2.24) is 4.90 Å². The normalized spacial score (nSPS) is 29.1. The second-order valence-electron chi connectivity index (χ2n) is 2.70. The fraction of sp³-hybridized carbons (Fsp3) is 0.571. The SMILES string of the molecule is O=C=C1CS[C@H]2CC(=O)N2C1. The lowest BCUT2D eigenvalue weighted by Gasteiger charge is -2.43. The van der Waals surface area contributed by atoms with Gasteiger partial charge in [-0.25, -0.2) is 4.79 Å². The molecule has 0 radical (unpaired) electrons. The lowest BCUT2D eigenvalue weighted by Crippen LogP contribution is -2.54. The van der Waals surface area contributed by atoms with Crippen LogP contribution in [0.1, 0.15) is 6.42 Å². The maximum Gasteiger partial charge on any atom is 0.226 e. The Kier molecular flexibility index (Phi) is 1.51. The van der Waals surface area contributed by atoms with Crippen LogP contribution in [-0.4, -0.2) is 34.4 Å². The Balaban J connectivity index is 2.11. The van der Waals surface area contributed by atoms with Crippen molar-refractivity contribution >= 4 is 23.6 Å². The van der Waals surface area contributed by atoms with Gasteiger partial charge in [-0.2, -0.15) is 0 Å². The minimum atomic E-state index is 0.162. The number of carbonyl (C=O) groups excluding carboxylic acids is 2. The van der Waals surface area contributed by atoms with Gasteiger partial charge in [0.2, 0.25) is 5.91 Å². The summed E-state index contributed by atoms with van der Waals surface area (Å²) < 4.78 is 0. The minimum absolute atomic E-state index is 0.162. The van der Waals surface area contributed by atoms with Crippen LogP contribution in [0.5, 0.6) is 0 Å². The third-order valence-electron chi connectivity index (χ3n) is 1.97. The van der Waals surface area contributed by atoms with Crippen LogP contribution in [0.15, 0.2) is 5.57 Å². The second-order valence-corrected chi connectivity index (χ2v) is 3.86. The second kappa shape index (κ2) is 2.40. The molecule has 0 aromatic carbocycles. The molecule has 3 nitrogen and oxygen atoms in total. The van der Waals surface area contributed by atoms with Gasteiger partial charge in [0.05, 0.1) is 18.3 Å². The van der Waals surface area contributed by atoms with Crippen molar-refractivity contribution in [2.75, 3.05) is 12.3 Å². The molecular weight excluding hydrogens is 162 g/mol. The first-order valence-electron chi connectivity index (χ1n) is 3.45. The Labute approximate surface area is 68.4 Å². The summed E-state index contributed by atoms with van der Waals surface area (Å²) in [6, 6.07) is 0. The van der Waals surface area contributed by atoms with Gasteiger partial charge < -0.3 is 4.90 Å². The molecule has 1 atom stereocenters. The van der Waals surface area contributed by atoms with Crippen LogP contribution in [0.3, 0.4) is 0 Å². The van der Waals surface area contributed by atoms with E-state index in [0.717, 1.165) is 5.75 Å². The molecule has 0 bridgehead atoms. The molecule has 4 heteroatoms. The molecule has 0 aromatic heterocycles. The van der Waals surface area contributed by atoms with Crippen LogP contribution in [0, 0.1) is 0 Å². The number of nitrogens with zero attached hydrogens (tertiary/aromatic N) is 1. The highest BCUT2D eigenvalue weighted by molar-refractivity contribution is 8.00. The summed E-state index contributed by atoms with van der Waals surface area (Å²) in [5.74, 6) is 2.77. The largest absolute Gasteiger partial charge is 0.325 e. The summed E-state index contributed by atoms with van der Waals surface area (Å²) in [6.07, 6.45) is 0.650. The summed E-state index contributed by atoms with van der Waals surface area (Å²) in [4.78, 5) is 22.9.